The number of anilines is 2. The van der Waals surface area contributed by atoms with Crippen LogP contribution in [-0.2, 0) is 4.79 Å². The number of rotatable bonds is 9. The number of carbonyl (C=O) groups excluding carboxylic acids is 2. The van der Waals surface area contributed by atoms with Crippen LogP contribution in [0.25, 0.3) is 10.6 Å². The SMILES string of the molecule is CC(Sc1cccc(NC(=O)c2ccc(C(=O)O)cc2C(=O)O)c1)C(=O)Nc1nc(-c2cccs2)cs1. The van der Waals surface area contributed by atoms with E-state index in [4.69, 9.17) is 5.11 Å². The summed E-state index contributed by atoms with van der Waals surface area (Å²) < 4.78 is 0. The zero-order valence-electron chi connectivity index (χ0n) is 19.1. The summed E-state index contributed by atoms with van der Waals surface area (Å²) in [7, 11) is 0. The summed E-state index contributed by atoms with van der Waals surface area (Å²) in [4.78, 5) is 54.4. The summed E-state index contributed by atoms with van der Waals surface area (Å²) in [6.45, 7) is 1.75. The van der Waals surface area contributed by atoms with E-state index in [1.807, 2.05) is 22.9 Å². The fourth-order valence-electron chi connectivity index (χ4n) is 3.23. The van der Waals surface area contributed by atoms with E-state index in [-0.39, 0.29) is 17.0 Å². The molecule has 2 amide bonds. The first-order valence-electron chi connectivity index (χ1n) is 10.7. The highest BCUT2D eigenvalue weighted by Crippen LogP contribution is 2.30. The second kappa shape index (κ2) is 11.4. The molecule has 0 aliphatic heterocycles. The first-order chi connectivity index (χ1) is 17.7. The molecule has 0 bridgehead atoms. The van der Waals surface area contributed by atoms with Crippen LogP contribution in [0.5, 0.6) is 0 Å². The number of thioether (sulfide) groups is 1. The minimum Gasteiger partial charge on any atom is -0.478 e. The second-order valence-electron chi connectivity index (χ2n) is 7.62. The van der Waals surface area contributed by atoms with E-state index in [0.29, 0.717) is 15.7 Å². The van der Waals surface area contributed by atoms with Gasteiger partial charge in [0.05, 0.1) is 32.5 Å². The van der Waals surface area contributed by atoms with E-state index >= 15 is 0 Å². The molecule has 4 N–H and O–H groups in total. The third-order valence-corrected chi connectivity index (χ3v) is 7.77. The van der Waals surface area contributed by atoms with Crippen LogP contribution in [0.2, 0.25) is 0 Å². The van der Waals surface area contributed by atoms with Crippen molar-refractivity contribution in [2.45, 2.75) is 17.1 Å². The maximum atomic E-state index is 12.8. The van der Waals surface area contributed by atoms with Crippen LogP contribution in [0.15, 0.2) is 70.3 Å². The van der Waals surface area contributed by atoms with Gasteiger partial charge in [0.2, 0.25) is 5.91 Å². The third-order valence-electron chi connectivity index (χ3n) is 5.02. The molecule has 1 unspecified atom stereocenters. The highest BCUT2D eigenvalue weighted by Gasteiger charge is 2.20. The minimum atomic E-state index is -1.42. The first-order valence-corrected chi connectivity index (χ1v) is 13.3. The Balaban J connectivity index is 1.41. The number of carboxylic acid groups (broad SMARTS) is 2. The van der Waals surface area contributed by atoms with Crippen LogP contribution in [0, 0.1) is 0 Å². The fourth-order valence-corrected chi connectivity index (χ4v) is 5.63. The Bertz CT molecular complexity index is 1480. The Labute approximate surface area is 223 Å². The number of carboxylic acids is 2. The molecule has 4 aromatic rings. The topological polar surface area (TPSA) is 146 Å². The van der Waals surface area contributed by atoms with Gasteiger partial charge in [-0.1, -0.05) is 12.1 Å². The van der Waals surface area contributed by atoms with Gasteiger partial charge in [0.1, 0.15) is 0 Å². The van der Waals surface area contributed by atoms with Gasteiger partial charge in [-0.15, -0.1) is 34.4 Å². The normalized spacial score (nSPS) is 11.5. The number of hydrogen-bond donors (Lipinski definition) is 4. The number of amides is 2. The minimum absolute atomic E-state index is 0.173. The number of nitrogens with one attached hydrogen (secondary N) is 2. The Morgan fingerprint density at radius 2 is 1.73 bits per heavy atom. The van der Waals surface area contributed by atoms with Crippen molar-refractivity contribution in [2.75, 3.05) is 10.6 Å². The average molecular weight is 554 g/mol. The lowest BCUT2D eigenvalue weighted by Crippen LogP contribution is -2.22. The van der Waals surface area contributed by atoms with Gasteiger partial charge in [-0.05, 0) is 54.8 Å². The summed E-state index contributed by atoms with van der Waals surface area (Å²) in [6, 6.07) is 13.9. The molecule has 0 aliphatic rings. The molecule has 0 radical (unpaired) electrons. The second-order valence-corrected chi connectivity index (χ2v) is 10.8. The Morgan fingerprint density at radius 1 is 0.919 bits per heavy atom. The number of thiazole rings is 1. The van der Waals surface area contributed by atoms with Gasteiger partial charge in [0.25, 0.3) is 5.91 Å². The van der Waals surface area contributed by atoms with Gasteiger partial charge < -0.3 is 20.8 Å². The van der Waals surface area contributed by atoms with Crippen LogP contribution in [0.4, 0.5) is 10.8 Å². The molecule has 2 aromatic heterocycles. The molecule has 0 saturated heterocycles. The molecule has 0 saturated carbocycles. The van der Waals surface area contributed by atoms with Crippen molar-refractivity contribution in [3.8, 4) is 10.6 Å². The highest BCUT2D eigenvalue weighted by molar-refractivity contribution is 8.00. The van der Waals surface area contributed by atoms with E-state index < -0.39 is 28.7 Å². The van der Waals surface area contributed by atoms with Crippen LogP contribution in [0.3, 0.4) is 0 Å². The largest absolute Gasteiger partial charge is 0.478 e. The van der Waals surface area contributed by atoms with E-state index in [2.05, 4.69) is 15.6 Å². The molecule has 37 heavy (non-hydrogen) atoms. The van der Waals surface area contributed by atoms with Crippen LogP contribution >= 0.6 is 34.4 Å². The molecule has 2 aromatic carbocycles. The van der Waals surface area contributed by atoms with Crippen molar-refractivity contribution in [1.29, 1.82) is 0 Å². The Kier molecular flexibility index (Phi) is 8.01. The zero-order valence-corrected chi connectivity index (χ0v) is 21.6. The van der Waals surface area contributed by atoms with Crippen molar-refractivity contribution in [3.63, 3.8) is 0 Å². The first kappa shape index (κ1) is 26.1. The summed E-state index contributed by atoms with van der Waals surface area (Å²) in [5.41, 5.74) is 0.371. The van der Waals surface area contributed by atoms with Gasteiger partial charge in [-0.25, -0.2) is 14.6 Å². The molecule has 0 spiro atoms. The average Bonchev–Trinajstić information content (AvgIpc) is 3.56. The van der Waals surface area contributed by atoms with E-state index in [1.54, 1.807) is 42.5 Å². The molecule has 0 aliphatic carbocycles. The quantitative estimate of drug-likeness (QED) is 0.195. The van der Waals surface area contributed by atoms with Crippen molar-refractivity contribution in [1.82, 2.24) is 4.98 Å². The molecule has 0 fully saturated rings. The van der Waals surface area contributed by atoms with Crippen molar-refractivity contribution in [2.24, 2.45) is 0 Å². The fraction of sp³-hybridized carbons (Fsp3) is 0.0800. The molecule has 9 nitrogen and oxygen atoms in total. The number of carbonyl (C=O) groups is 4. The third kappa shape index (κ3) is 6.42. The summed E-state index contributed by atoms with van der Waals surface area (Å²) in [5.74, 6) is -3.64. The molecule has 2 heterocycles. The van der Waals surface area contributed by atoms with Crippen molar-refractivity contribution >= 4 is 69.0 Å². The van der Waals surface area contributed by atoms with E-state index in [9.17, 15) is 24.3 Å². The molecule has 1 atom stereocenters. The van der Waals surface area contributed by atoms with Crippen LogP contribution in [0.1, 0.15) is 38.0 Å². The maximum absolute atomic E-state index is 12.8. The predicted octanol–water partition coefficient (Wildman–Crippen LogP) is 5.64. The molecule has 12 heteroatoms. The van der Waals surface area contributed by atoms with Crippen LogP contribution < -0.4 is 10.6 Å². The molecule has 188 valence electrons. The number of aromatic nitrogens is 1. The van der Waals surface area contributed by atoms with Gasteiger partial charge in [-0.3, -0.25) is 9.59 Å². The lowest BCUT2D eigenvalue weighted by atomic mass is 10.0. The number of hydrogen-bond acceptors (Lipinski definition) is 8. The van der Waals surface area contributed by atoms with Gasteiger partial charge in [-0.2, -0.15) is 0 Å². The summed E-state index contributed by atoms with van der Waals surface area (Å²) >= 11 is 4.20. The van der Waals surface area contributed by atoms with Crippen LogP contribution in [-0.4, -0.2) is 44.2 Å². The van der Waals surface area contributed by atoms with Crippen molar-refractivity contribution in [3.05, 3.63) is 82.0 Å². The number of aromatic carboxylic acids is 2. The molecule has 4 rings (SSSR count). The maximum Gasteiger partial charge on any atom is 0.336 e. The highest BCUT2D eigenvalue weighted by atomic mass is 32.2. The van der Waals surface area contributed by atoms with Gasteiger partial charge in [0, 0.05) is 16.0 Å². The van der Waals surface area contributed by atoms with Gasteiger partial charge in [0.15, 0.2) is 5.13 Å². The monoisotopic (exact) mass is 553 g/mol. The lowest BCUT2D eigenvalue weighted by Gasteiger charge is -2.12. The zero-order chi connectivity index (χ0) is 26.5. The smallest absolute Gasteiger partial charge is 0.336 e. The molecular weight excluding hydrogens is 534 g/mol. The number of thiophene rings is 1. The molecular formula is C25H19N3O6S3. The number of benzene rings is 2. The van der Waals surface area contributed by atoms with E-state index in [0.717, 1.165) is 22.7 Å². The number of nitrogens with zero attached hydrogens (tertiary/aromatic N) is 1. The Morgan fingerprint density at radius 3 is 2.43 bits per heavy atom. The standard InChI is InChI=1S/C25H19N3O6S3/c1-13(21(29)28-25-27-19(12-36-25)20-6-3-9-35-20)37-16-5-2-4-15(11-16)26-22(30)17-8-7-14(23(31)32)10-18(17)24(33)34/h2-13H,1H3,(H,26,30)(H,31,32)(H,33,34)(H,27,28,29). The summed E-state index contributed by atoms with van der Waals surface area (Å²) in [5, 5.41) is 27.9. The summed E-state index contributed by atoms with van der Waals surface area (Å²) in [6.07, 6.45) is 0. The lowest BCUT2D eigenvalue weighted by molar-refractivity contribution is -0.115. The van der Waals surface area contributed by atoms with Gasteiger partial charge >= 0.3 is 11.9 Å². The predicted molar refractivity (Wildman–Crippen MR) is 144 cm³/mol. The van der Waals surface area contributed by atoms with Crippen molar-refractivity contribution < 1.29 is 29.4 Å². The Hall–Kier alpha value is -4.00. The van der Waals surface area contributed by atoms with E-state index in [1.165, 1.54) is 29.2 Å².